The van der Waals surface area contributed by atoms with Crippen LogP contribution in [0.4, 0.5) is 39.8 Å². The lowest BCUT2D eigenvalue weighted by Crippen LogP contribution is -2.61. The van der Waals surface area contributed by atoms with Crippen LogP contribution in [0.5, 0.6) is 0 Å². The Hall–Kier alpha value is -12.5. The maximum atomic E-state index is 10.4. The van der Waals surface area contributed by atoms with Gasteiger partial charge in [-0.25, -0.2) is 4.85 Å². The van der Waals surface area contributed by atoms with Crippen molar-refractivity contribution in [1.29, 1.82) is 5.26 Å². The van der Waals surface area contributed by atoms with Crippen LogP contribution >= 0.6 is 0 Å². The van der Waals surface area contributed by atoms with E-state index in [1.807, 2.05) is 36.4 Å². The highest BCUT2D eigenvalue weighted by Crippen LogP contribution is 2.56. The summed E-state index contributed by atoms with van der Waals surface area (Å²) in [5.74, 6) is 0. The zero-order valence-corrected chi connectivity index (χ0v) is 53.4. The number of hydrogen-bond acceptors (Lipinski definition) is 3. The predicted molar refractivity (Wildman–Crippen MR) is 403 cm³/mol. The van der Waals surface area contributed by atoms with Gasteiger partial charge in [-0.05, 0) is 168 Å². The maximum absolute atomic E-state index is 10.4. The molecule has 0 atom stereocenters. The fraction of sp³-hybridized carbons (Fsp3) is 0.0444. The Kier molecular flexibility index (Phi) is 13.9. The monoisotopic (exact) mass is 1220 g/mol. The zero-order chi connectivity index (χ0) is 64.6. The van der Waals surface area contributed by atoms with Gasteiger partial charge in [0.05, 0.1) is 40.6 Å². The number of fused-ring (bicyclic) bond motifs is 7. The first-order valence-corrected chi connectivity index (χ1v) is 32.8. The van der Waals surface area contributed by atoms with Gasteiger partial charge in [-0.15, -0.1) is 0 Å². The average molecular weight is 1220 g/mol. The quantitative estimate of drug-likeness (QED) is 0.101. The van der Waals surface area contributed by atoms with Crippen molar-refractivity contribution >= 4 is 84.7 Å². The standard InChI is InChI=1S/C90H62BN5/c1-90(2,3)70-55-85-87-86(56-70)96(89-77(63-33-16-8-17-34-63)52-69(66-38-25-39-71(49-66)93-4)53-78(89)64-35-18-9-19-36-64)84-57-72(94-81-42-22-20-40-73(81)74-41-21-23-43-82(74)94)45-47-80(84)91(87)79-46-44-67(60-27-10-5-11-28-60)54-83(79)95(85)88-75(61-29-12-6-13-30-61)50-68(65-37-24-26-59(48-65)58-92)51-76(88)62-31-14-7-15-32-62/h5-57H,1-3H3. The summed E-state index contributed by atoms with van der Waals surface area (Å²) in [4.78, 5) is 9.22. The Morgan fingerprint density at radius 2 is 0.760 bits per heavy atom. The van der Waals surface area contributed by atoms with E-state index in [-0.39, 0.29) is 12.1 Å². The van der Waals surface area contributed by atoms with Crippen molar-refractivity contribution in [3.05, 3.63) is 344 Å². The third-order valence-corrected chi connectivity index (χ3v) is 19.5. The summed E-state index contributed by atoms with van der Waals surface area (Å²) in [6.07, 6.45) is 0. The smallest absolute Gasteiger partial charge is 0.252 e. The number of nitrogens with zero attached hydrogens (tertiary/aromatic N) is 5. The zero-order valence-electron chi connectivity index (χ0n) is 53.4. The Bertz CT molecular complexity index is 5490. The van der Waals surface area contributed by atoms with Gasteiger partial charge in [0, 0.05) is 61.5 Å². The molecule has 0 aliphatic carbocycles. The SMILES string of the molecule is [C-]#[N+]c1cccc(-c2cc(-c3ccccc3)c(N3c4cc(-n5c6ccccc6c6ccccc65)ccc4B4c5ccc(-c6ccccc6)cc5N(c5c(-c6ccccc6)cc(-c6cccc(C#N)c6)cc5-c5ccccc5)c5cc(C(C)(C)C)cc3c54)c(-c3ccccc3)c2)c1. The first-order chi connectivity index (χ1) is 47.2. The molecule has 2 aliphatic rings. The van der Waals surface area contributed by atoms with E-state index in [4.69, 9.17) is 6.57 Å². The molecule has 0 saturated carbocycles. The van der Waals surface area contributed by atoms with E-state index in [0.29, 0.717) is 11.3 Å². The molecule has 5 nitrogen and oxygen atoms in total. The largest absolute Gasteiger partial charge is 0.310 e. The van der Waals surface area contributed by atoms with E-state index in [1.54, 1.807) is 0 Å². The summed E-state index contributed by atoms with van der Waals surface area (Å²) in [5, 5.41) is 12.8. The van der Waals surface area contributed by atoms with Crippen molar-refractivity contribution in [3.8, 4) is 89.6 Å². The minimum Gasteiger partial charge on any atom is -0.310 e. The average Bonchev–Trinajstić information content (AvgIpc) is 0.725. The molecule has 0 radical (unpaired) electrons. The summed E-state index contributed by atoms with van der Waals surface area (Å²) in [6, 6.07) is 119. The van der Waals surface area contributed by atoms with Crippen molar-refractivity contribution in [3.63, 3.8) is 0 Å². The number of hydrogen-bond donors (Lipinski definition) is 0. The number of para-hydroxylation sites is 2. The molecule has 17 rings (SSSR count). The van der Waals surface area contributed by atoms with Crippen LogP contribution in [0.1, 0.15) is 31.9 Å². The second-order valence-electron chi connectivity index (χ2n) is 26.2. The number of benzene rings is 14. The van der Waals surface area contributed by atoms with Gasteiger partial charge >= 0.3 is 0 Å². The van der Waals surface area contributed by atoms with Crippen molar-refractivity contribution in [2.45, 2.75) is 26.2 Å². The normalized spacial score (nSPS) is 12.2. The van der Waals surface area contributed by atoms with Crippen LogP contribution < -0.4 is 26.2 Å². The summed E-state index contributed by atoms with van der Waals surface area (Å²) >= 11 is 0. The van der Waals surface area contributed by atoms with Crippen LogP contribution in [0.25, 0.3) is 110 Å². The summed E-state index contributed by atoms with van der Waals surface area (Å²) < 4.78 is 2.46. The van der Waals surface area contributed by atoms with Gasteiger partial charge in [0.15, 0.2) is 5.69 Å². The Morgan fingerprint density at radius 3 is 1.23 bits per heavy atom. The first-order valence-electron chi connectivity index (χ1n) is 32.8. The Balaban J connectivity index is 1.06. The van der Waals surface area contributed by atoms with E-state index in [2.05, 4.69) is 331 Å². The number of nitriles is 1. The van der Waals surface area contributed by atoms with Crippen LogP contribution in [-0.2, 0) is 5.41 Å². The molecule has 450 valence electrons. The molecule has 15 aromatic rings. The molecular weight excluding hydrogens is 1160 g/mol. The highest BCUT2D eigenvalue weighted by Gasteiger charge is 2.46. The lowest BCUT2D eigenvalue weighted by Gasteiger charge is -2.46. The summed E-state index contributed by atoms with van der Waals surface area (Å²) in [7, 11) is 0. The minimum absolute atomic E-state index is 0.261. The molecule has 2 aliphatic heterocycles. The van der Waals surface area contributed by atoms with E-state index < -0.39 is 0 Å². The van der Waals surface area contributed by atoms with Gasteiger partial charge in [-0.2, -0.15) is 5.26 Å². The highest BCUT2D eigenvalue weighted by molar-refractivity contribution is 7.00. The van der Waals surface area contributed by atoms with Crippen LogP contribution in [0.15, 0.2) is 322 Å². The van der Waals surface area contributed by atoms with Crippen LogP contribution in [0.2, 0.25) is 0 Å². The summed E-state index contributed by atoms with van der Waals surface area (Å²) in [5.41, 5.74) is 30.0. The van der Waals surface area contributed by atoms with E-state index in [9.17, 15) is 5.26 Å². The summed E-state index contributed by atoms with van der Waals surface area (Å²) in [6.45, 7) is 15.0. The van der Waals surface area contributed by atoms with Crippen molar-refractivity contribution in [2.24, 2.45) is 0 Å². The van der Waals surface area contributed by atoms with Gasteiger partial charge in [0.25, 0.3) is 6.71 Å². The minimum atomic E-state index is -0.363. The van der Waals surface area contributed by atoms with Crippen LogP contribution in [0.3, 0.4) is 0 Å². The second kappa shape index (κ2) is 23.3. The Labute approximate surface area is 560 Å². The molecule has 0 N–H and O–H groups in total. The van der Waals surface area contributed by atoms with Gasteiger partial charge in [-0.3, -0.25) is 0 Å². The van der Waals surface area contributed by atoms with Gasteiger partial charge in [0.1, 0.15) is 0 Å². The molecule has 0 fully saturated rings. The molecule has 96 heavy (non-hydrogen) atoms. The molecule has 0 unspecified atom stereocenters. The molecule has 14 aromatic carbocycles. The molecule has 0 bridgehead atoms. The molecule has 0 spiro atoms. The second-order valence-corrected chi connectivity index (χ2v) is 26.2. The lowest BCUT2D eigenvalue weighted by atomic mass is 9.33. The van der Waals surface area contributed by atoms with E-state index in [1.165, 1.54) is 32.7 Å². The molecular formula is C90H62BN5. The topological polar surface area (TPSA) is 39.6 Å². The van der Waals surface area contributed by atoms with Gasteiger partial charge < -0.3 is 14.4 Å². The van der Waals surface area contributed by atoms with Crippen molar-refractivity contribution in [1.82, 2.24) is 4.57 Å². The van der Waals surface area contributed by atoms with Crippen molar-refractivity contribution < 1.29 is 0 Å². The predicted octanol–water partition coefficient (Wildman–Crippen LogP) is 22.3. The van der Waals surface area contributed by atoms with Gasteiger partial charge in [0.2, 0.25) is 0 Å². The third kappa shape index (κ3) is 9.69. The fourth-order valence-corrected chi connectivity index (χ4v) is 15.0. The first kappa shape index (κ1) is 57.4. The lowest BCUT2D eigenvalue weighted by molar-refractivity contribution is 0.590. The van der Waals surface area contributed by atoms with Gasteiger partial charge in [-0.1, -0.05) is 257 Å². The highest BCUT2D eigenvalue weighted by atomic mass is 15.2. The molecule has 3 heterocycles. The Morgan fingerprint density at radius 1 is 0.354 bits per heavy atom. The number of aromatic nitrogens is 1. The number of anilines is 6. The molecule has 0 amide bonds. The number of rotatable bonds is 10. The van der Waals surface area contributed by atoms with E-state index in [0.717, 1.165) is 129 Å². The molecule has 1 aromatic heterocycles. The van der Waals surface area contributed by atoms with Crippen LogP contribution in [-0.4, -0.2) is 11.3 Å². The molecule has 0 saturated heterocycles. The molecule has 6 heteroatoms. The fourth-order valence-electron chi connectivity index (χ4n) is 15.0. The van der Waals surface area contributed by atoms with Crippen LogP contribution in [0, 0.1) is 17.9 Å². The third-order valence-electron chi connectivity index (χ3n) is 19.5. The van der Waals surface area contributed by atoms with E-state index >= 15 is 0 Å². The maximum Gasteiger partial charge on any atom is 0.252 e. The van der Waals surface area contributed by atoms with Crippen molar-refractivity contribution in [2.75, 3.05) is 9.80 Å².